The number of esters is 1. The van der Waals surface area contributed by atoms with Crippen LogP contribution < -0.4 is 5.32 Å². The molecule has 0 aliphatic carbocycles. The topological polar surface area (TPSA) is 75.6 Å². The Labute approximate surface area is 121 Å². The van der Waals surface area contributed by atoms with Crippen molar-refractivity contribution in [3.63, 3.8) is 0 Å². The first kappa shape index (κ1) is 14.4. The smallest absolute Gasteiger partial charge is 0.328 e. The van der Waals surface area contributed by atoms with Gasteiger partial charge in [0.05, 0.1) is 6.61 Å². The molecule has 1 aromatic carbocycles. The van der Waals surface area contributed by atoms with Gasteiger partial charge in [0.1, 0.15) is 6.04 Å². The highest BCUT2D eigenvalue weighted by atomic mass is 35.5. The van der Waals surface area contributed by atoms with Crippen LogP contribution in [0, 0.1) is 0 Å². The maximum Gasteiger partial charge on any atom is 0.328 e. The molecule has 1 aliphatic heterocycles. The number of carbonyl (C=O) groups excluding carboxylic acids is 1. The monoisotopic (exact) mass is 295 g/mol. The van der Waals surface area contributed by atoms with Gasteiger partial charge >= 0.3 is 11.9 Å². The van der Waals surface area contributed by atoms with E-state index in [2.05, 4.69) is 5.32 Å². The van der Waals surface area contributed by atoms with Gasteiger partial charge in [-0.2, -0.15) is 0 Å². The number of carbonyl (C=O) groups is 2. The van der Waals surface area contributed by atoms with Crippen molar-refractivity contribution in [2.75, 3.05) is 11.9 Å². The molecule has 0 saturated carbocycles. The second kappa shape index (κ2) is 5.96. The summed E-state index contributed by atoms with van der Waals surface area (Å²) in [5.74, 6) is -1.46. The molecule has 1 aliphatic rings. The molecule has 1 atom stereocenters. The minimum atomic E-state index is -1.05. The maximum absolute atomic E-state index is 11.8. The Bertz CT molecular complexity index is 583. The largest absolute Gasteiger partial charge is 0.478 e. The van der Waals surface area contributed by atoms with Crippen LogP contribution in [0.3, 0.4) is 0 Å². The number of fused-ring (bicyclic) bond motifs is 1. The summed E-state index contributed by atoms with van der Waals surface area (Å²) in [4.78, 5) is 22.7. The van der Waals surface area contributed by atoms with Gasteiger partial charge in [0.2, 0.25) is 0 Å². The number of anilines is 1. The normalized spacial score (nSPS) is 19.1. The summed E-state index contributed by atoms with van der Waals surface area (Å²) < 4.78 is 4.97. The fourth-order valence-electron chi connectivity index (χ4n) is 2.16. The van der Waals surface area contributed by atoms with Crippen LogP contribution in [0.4, 0.5) is 5.69 Å². The summed E-state index contributed by atoms with van der Waals surface area (Å²) in [7, 11) is 0. The molecular weight excluding hydrogens is 282 g/mol. The third-order valence-corrected chi connectivity index (χ3v) is 3.19. The van der Waals surface area contributed by atoms with E-state index >= 15 is 0 Å². The standard InChI is InChI=1S/C14H14ClNO4/c1-2-20-14(19)12-5-8(6-13(17)18)10-4-3-9(15)7-11(10)16-12/h3-4,6-7,12,16H,2,5H2,1H3,(H,17,18)/b8-6+. The summed E-state index contributed by atoms with van der Waals surface area (Å²) in [6.45, 7) is 2.00. The van der Waals surface area contributed by atoms with Crippen molar-refractivity contribution in [2.45, 2.75) is 19.4 Å². The third-order valence-electron chi connectivity index (χ3n) is 2.95. The zero-order chi connectivity index (χ0) is 14.7. The molecule has 106 valence electrons. The van der Waals surface area contributed by atoms with E-state index in [-0.39, 0.29) is 13.0 Å². The van der Waals surface area contributed by atoms with Crippen molar-refractivity contribution in [3.05, 3.63) is 34.9 Å². The Hall–Kier alpha value is -2.01. The van der Waals surface area contributed by atoms with E-state index < -0.39 is 18.0 Å². The SMILES string of the molecule is CCOC(=O)C1C/C(=C\C(=O)O)c2ccc(Cl)cc2N1. The number of benzene rings is 1. The number of rotatable bonds is 3. The zero-order valence-corrected chi connectivity index (χ0v) is 11.6. The first-order chi connectivity index (χ1) is 9.51. The van der Waals surface area contributed by atoms with Crippen LogP contribution in [0.2, 0.25) is 5.02 Å². The molecule has 0 bridgehead atoms. The number of ether oxygens (including phenoxy) is 1. The number of hydrogen-bond donors (Lipinski definition) is 2. The number of nitrogens with one attached hydrogen (secondary N) is 1. The number of aliphatic carboxylic acids is 1. The molecule has 1 heterocycles. The molecule has 0 radical (unpaired) electrons. The number of hydrogen-bond acceptors (Lipinski definition) is 4. The van der Waals surface area contributed by atoms with Crippen LogP contribution in [0.15, 0.2) is 24.3 Å². The lowest BCUT2D eigenvalue weighted by Gasteiger charge is -2.27. The van der Waals surface area contributed by atoms with Gasteiger partial charge in [-0.3, -0.25) is 0 Å². The highest BCUT2D eigenvalue weighted by Crippen LogP contribution is 2.35. The molecule has 0 saturated heterocycles. The van der Waals surface area contributed by atoms with Gasteiger partial charge in [-0.05, 0) is 24.6 Å². The molecule has 2 N–H and O–H groups in total. The van der Waals surface area contributed by atoms with Gasteiger partial charge in [0.15, 0.2) is 0 Å². The minimum Gasteiger partial charge on any atom is -0.478 e. The average molecular weight is 296 g/mol. The van der Waals surface area contributed by atoms with Crippen LogP contribution in [0.5, 0.6) is 0 Å². The fourth-order valence-corrected chi connectivity index (χ4v) is 2.33. The van der Waals surface area contributed by atoms with E-state index in [1.54, 1.807) is 25.1 Å². The molecule has 0 spiro atoms. The summed E-state index contributed by atoms with van der Waals surface area (Å²) >= 11 is 5.93. The molecule has 2 rings (SSSR count). The first-order valence-corrected chi connectivity index (χ1v) is 6.55. The summed E-state index contributed by atoms with van der Waals surface area (Å²) in [6.07, 6.45) is 1.37. The van der Waals surface area contributed by atoms with E-state index in [1.165, 1.54) is 0 Å². The van der Waals surface area contributed by atoms with Crippen molar-refractivity contribution in [3.8, 4) is 0 Å². The molecule has 1 unspecified atom stereocenters. The summed E-state index contributed by atoms with van der Waals surface area (Å²) in [5.41, 5.74) is 1.94. The molecule has 0 aromatic heterocycles. The predicted molar refractivity (Wildman–Crippen MR) is 75.7 cm³/mol. The third kappa shape index (κ3) is 3.11. The van der Waals surface area contributed by atoms with Gasteiger partial charge in [0, 0.05) is 28.8 Å². The number of carboxylic acids is 1. The molecule has 20 heavy (non-hydrogen) atoms. The highest BCUT2D eigenvalue weighted by Gasteiger charge is 2.28. The van der Waals surface area contributed by atoms with Crippen molar-refractivity contribution >= 4 is 34.8 Å². The van der Waals surface area contributed by atoms with Crippen molar-refractivity contribution in [1.29, 1.82) is 0 Å². The summed E-state index contributed by atoms with van der Waals surface area (Å²) in [6, 6.07) is 4.48. The molecular formula is C14H14ClNO4. The van der Waals surface area contributed by atoms with E-state index in [9.17, 15) is 9.59 Å². The maximum atomic E-state index is 11.8. The van der Waals surface area contributed by atoms with Gasteiger partial charge in [-0.15, -0.1) is 0 Å². The Kier molecular flexibility index (Phi) is 4.29. The fraction of sp³-hybridized carbons (Fsp3) is 0.286. The molecule has 0 fully saturated rings. The predicted octanol–water partition coefficient (Wildman–Crippen LogP) is 2.56. The average Bonchev–Trinajstić information content (AvgIpc) is 2.37. The van der Waals surface area contributed by atoms with Gasteiger partial charge < -0.3 is 15.2 Å². The second-order valence-electron chi connectivity index (χ2n) is 4.35. The van der Waals surface area contributed by atoms with Gasteiger partial charge in [-0.1, -0.05) is 17.7 Å². The van der Waals surface area contributed by atoms with Crippen LogP contribution >= 0.6 is 11.6 Å². The molecule has 0 amide bonds. The second-order valence-corrected chi connectivity index (χ2v) is 4.79. The lowest BCUT2D eigenvalue weighted by Crippen LogP contribution is -2.34. The Balaban J connectivity index is 2.39. The Morgan fingerprint density at radius 3 is 2.95 bits per heavy atom. The van der Waals surface area contributed by atoms with E-state index in [0.29, 0.717) is 16.3 Å². The highest BCUT2D eigenvalue weighted by molar-refractivity contribution is 6.31. The molecule has 5 nitrogen and oxygen atoms in total. The minimum absolute atomic E-state index is 0.264. The molecule has 6 heteroatoms. The molecule has 1 aromatic rings. The van der Waals surface area contributed by atoms with E-state index in [4.69, 9.17) is 21.4 Å². The number of carboxylic acid groups (broad SMARTS) is 1. The Morgan fingerprint density at radius 2 is 2.30 bits per heavy atom. The summed E-state index contributed by atoms with van der Waals surface area (Å²) in [5, 5.41) is 12.5. The van der Waals surface area contributed by atoms with Crippen LogP contribution in [0.25, 0.3) is 5.57 Å². The van der Waals surface area contributed by atoms with E-state index in [1.807, 2.05) is 0 Å². The lowest BCUT2D eigenvalue weighted by molar-refractivity contribution is -0.144. The quantitative estimate of drug-likeness (QED) is 0.662. The van der Waals surface area contributed by atoms with Crippen LogP contribution in [0.1, 0.15) is 18.9 Å². The lowest BCUT2D eigenvalue weighted by atomic mass is 9.92. The Morgan fingerprint density at radius 1 is 1.55 bits per heavy atom. The van der Waals surface area contributed by atoms with Crippen molar-refractivity contribution in [1.82, 2.24) is 0 Å². The van der Waals surface area contributed by atoms with Gasteiger partial charge in [-0.25, -0.2) is 9.59 Å². The van der Waals surface area contributed by atoms with Crippen molar-refractivity contribution < 1.29 is 19.4 Å². The van der Waals surface area contributed by atoms with Crippen LogP contribution in [-0.4, -0.2) is 29.7 Å². The number of halogens is 1. The van der Waals surface area contributed by atoms with Gasteiger partial charge in [0.25, 0.3) is 0 Å². The first-order valence-electron chi connectivity index (χ1n) is 6.18. The zero-order valence-electron chi connectivity index (χ0n) is 10.9. The van der Waals surface area contributed by atoms with E-state index in [0.717, 1.165) is 11.6 Å². The van der Waals surface area contributed by atoms with Crippen molar-refractivity contribution in [2.24, 2.45) is 0 Å². The van der Waals surface area contributed by atoms with Crippen LogP contribution in [-0.2, 0) is 14.3 Å².